The molecule has 2 atom stereocenters. The number of hydrogen-bond donors (Lipinski definition) is 2. The van der Waals surface area contributed by atoms with Gasteiger partial charge in [-0.25, -0.2) is 0 Å². The number of aromatic hydroxyl groups is 2. The topological polar surface area (TPSA) is 40.5 Å². The van der Waals surface area contributed by atoms with Crippen molar-refractivity contribution in [1.82, 2.24) is 0 Å². The van der Waals surface area contributed by atoms with Gasteiger partial charge in [-0.15, -0.1) is 0 Å². The largest absolute Gasteiger partial charge is 0.508 e. The molecule has 0 spiro atoms. The molecule has 0 saturated heterocycles. The minimum Gasteiger partial charge on any atom is -0.508 e. The third-order valence-corrected chi connectivity index (χ3v) is 5.54. The molecule has 2 heteroatoms. The van der Waals surface area contributed by atoms with Crippen molar-refractivity contribution in [1.29, 1.82) is 0 Å². The van der Waals surface area contributed by atoms with Crippen molar-refractivity contribution in [2.75, 3.05) is 0 Å². The minimum atomic E-state index is -0.00143. The van der Waals surface area contributed by atoms with Crippen molar-refractivity contribution >= 4 is 0 Å². The number of phenolic OH excluding ortho intramolecular Hbond substituents is 2. The lowest BCUT2D eigenvalue weighted by Gasteiger charge is -2.37. The molecule has 2 unspecified atom stereocenters. The summed E-state index contributed by atoms with van der Waals surface area (Å²) in [5.74, 6) is 2.23. The smallest absolute Gasteiger partial charge is 0.115 e. The average Bonchev–Trinajstić information content (AvgIpc) is 2.55. The van der Waals surface area contributed by atoms with Gasteiger partial charge in [-0.3, -0.25) is 0 Å². The summed E-state index contributed by atoms with van der Waals surface area (Å²) >= 11 is 0. The molecule has 2 nitrogen and oxygen atoms in total. The molecule has 0 bridgehead atoms. The number of phenols is 2. The van der Waals surface area contributed by atoms with Gasteiger partial charge in [0, 0.05) is 0 Å². The molecule has 0 radical (unpaired) electrons. The van der Waals surface area contributed by atoms with Crippen molar-refractivity contribution in [3.05, 3.63) is 59.7 Å². The predicted molar refractivity (Wildman–Crippen MR) is 105 cm³/mol. The van der Waals surface area contributed by atoms with Crippen LogP contribution in [-0.4, -0.2) is 10.2 Å². The second-order valence-corrected chi connectivity index (χ2v) is 8.15. The van der Waals surface area contributed by atoms with Gasteiger partial charge in [0.15, 0.2) is 0 Å². The van der Waals surface area contributed by atoms with Gasteiger partial charge in [0.1, 0.15) is 11.5 Å². The van der Waals surface area contributed by atoms with Crippen molar-refractivity contribution in [2.24, 2.45) is 11.8 Å². The Kier molecular flexibility index (Phi) is 6.16. The zero-order valence-electron chi connectivity index (χ0n) is 16.2. The monoisotopic (exact) mass is 340 g/mol. The summed E-state index contributed by atoms with van der Waals surface area (Å²) < 4.78 is 0. The molecule has 0 aliphatic carbocycles. The van der Waals surface area contributed by atoms with Crippen molar-refractivity contribution < 1.29 is 10.2 Å². The van der Waals surface area contributed by atoms with Gasteiger partial charge in [0.2, 0.25) is 0 Å². The Labute approximate surface area is 152 Å². The normalized spacial score (nSPS) is 14.5. The van der Waals surface area contributed by atoms with E-state index < -0.39 is 0 Å². The van der Waals surface area contributed by atoms with Crippen LogP contribution in [-0.2, 0) is 5.41 Å². The van der Waals surface area contributed by atoms with Gasteiger partial charge in [-0.05, 0) is 65.0 Å². The van der Waals surface area contributed by atoms with E-state index in [1.807, 2.05) is 12.1 Å². The van der Waals surface area contributed by atoms with Crippen molar-refractivity contribution in [3.63, 3.8) is 0 Å². The first-order valence-electron chi connectivity index (χ1n) is 9.33. The summed E-state index contributed by atoms with van der Waals surface area (Å²) in [5, 5.41) is 19.2. The first kappa shape index (κ1) is 19.4. The molecule has 0 aliphatic rings. The second kappa shape index (κ2) is 7.95. The fraction of sp³-hybridized carbons (Fsp3) is 0.478. The van der Waals surface area contributed by atoms with Gasteiger partial charge >= 0.3 is 0 Å². The quantitative estimate of drug-likeness (QED) is 0.627. The van der Waals surface area contributed by atoms with E-state index in [1.54, 1.807) is 24.3 Å². The molecule has 25 heavy (non-hydrogen) atoms. The van der Waals surface area contributed by atoms with Crippen LogP contribution in [0.4, 0.5) is 0 Å². The summed E-state index contributed by atoms with van der Waals surface area (Å²) in [6, 6.07) is 15.3. The fourth-order valence-corrected chi connectivity index (χ4v) is 4.04. The fourth-order valence-electron chi connectivity index (χ4n) is 4.04. The Morgan fingerprint density at radius 2 is 1.32 bits per heavy atom. The lowest BCUT2D eigenvalue weighted by atomic mass is 9.68. The maximum absolute atomic E-state index is 9.66. The third-order valence-electron chi connectivity index (χ3n) is 5.54. The van der Waals surface area contributed by atoms with Crippen LogP contribution >= 0.6 is 0 Å². The zero-order chi connectivity index (χ0) is 18.6. The van der Waals surface area contributed by atoms with E-state index in [4.69, 9.17) is 0 Å². The predicted octanol–water partition coefficient (Wildman–Crippen LogP) is 6.23. The molecule has 0 heterocycles. The molecule has 2 N–H and O–H groups in total. The van der Waals surface area contributed by atoms with Crippen LogP contribution < -0.4 is 0 Å². The van der Waals surface area contributed by atoms with Gasteiger partial charge in [-0.2, -0.15) is 0 Å². The maximum atomic E-state index is 9.66. The lowest BCUT2D eigenvalue weighted by Crippen LogP contribution is -2.27. The van der Waals surface area contributed by atoms with E-state index in [-0.39, 0.29) is 5.41 Å². The highest BCUT2D eigenvalue weighted by atomic mass is 16.3. The summed E-state index contributed by atoms with van der Waals surface area (Å²) in [5.41, 5.74) is 2.54. The SMILES string of the molecule is CCC(C(C)C)C(CC(C)(C)c1ccc(O)cc1)c1ccc(O)cc1. The molecular weight excluding hydrogens is 308 g/mol. The second-order valence-electron chi connectivity index (χ2n) is 8.15. The van der Waals surface area contributed by atoms with Crippen LogP contribution in [0.1, 0.15) is 64.5 Å². The van der Waals surface area contributed by atoms with Gasteiger partial charge in [-0.1, -0.05) is 65.3 Å². The van der Waals surface area contributed by atoms with Crippen LogP contribution in [0.15, 0.2) is 48.5 Å². The van der Waals surface area contributed by atoms with E-state index >= 15 is 0 Å². The highest BCUT2D eigenvalue weighted by molar-refractivity contribution is 5.33. The minimum absolute atomic E-state index is 0.00143. The van der Waals surface area contributed by atoms with Crippen LogP contribution in [0.25, 0.3) is 0 Å². The van der Waals surface area contributed by atoms with Crippen molar-refractivity contribution in [3.8, 4) is 11.5 Å². The maximum Gasteiger partial charge on any atom is 0.115 e. The Hall–Kier alpha value is -1.96. The molecule has 2 rings (SSSR count). The molecule has 0 saturated carbocycles. The summed E-state index contributed by atoms with van der Waals surface area (Å²) in [6.07, 6.45) is 2.16. The van der Waals surface area contributed by atoms with E-state index in [2.05, 4.69) is 46.8 Å². The van der Waals surface area contributed by atoms with E-state index in [9.17, 15) is 10.2 Å². The highest BCUT2D eigenvalue weighted by Crippen LogP contribution is 2.43. The Morgan fingerprint density at radius 3 is 1.76 bits per heavy atom. The first-order valence-corrected chi connectivity index (χ1v) is 9.33. The molecule has 2 aromatic carbocycles. The molecule has 0 aliphatic heterocycles. The third kappa shape index (κ3) is 4.78. The highest BCUT2D eigenvalue weighted by Gasteiger charge is 2.32. The Bertz CT molecular complexity index is 653. The Balaban J connectivity index is 2.37. The van der Waals surface area contributed by atoms with Gasteiger partial charge in [0.25, 0.3) is 0 Å². The standard InChI is InChI=1S/C23H32O2/c1-6-21(16(2)3)22(17-7-11-19(24)12-8-17)15-23(4,5)18-9-13-20(25)14-10-18/h7-14,16,21-22,24-25H,6,15H2,1-5H3. The van der Waals surface area contributed by atoms with Gasteiger partial charge in [0.05, 0.1) is 0 Å². The van der Waals surface area contributed by atoms with E-state index in [1.165, 1.54) is 11.1 Å². The van der Waals surface area contributed by atoms with E-state index in [0.717, 1.165) is 12.8 Å². The zero-order valence-corrected chi connectivity index (χ0v) is 16.2. The molecule has 0 aromatic heterocycles. The molecule has 0 amide bonds. The summed E-state index contributed by atoms with van der Waals surface area (Å²) in [6.45, 7) is 11.4. The molecule has 0 fully saturated rings. The van der Waals surface area contributed by atoms with Crippen LogP contribution in [0.3, 0.4) is 0 Å². The average molecular weight is 341 g/mol. The first-order chi connectivity index (χ1) is 11.7. The Morgan fingerprint density at radius 1 is 0.840 bits per heavy atom. The summed E-state index contributed by atoms with van der Waals surface area (Å²) in [7, 11) is 0. The number of benzene rings is 2. The van der Waals surface area contributed by atoms with E-state index in [0.29, 0.717) is 29.3 Å². The molecule has 2 aromatic rings. The summed E-state index contributed by atoms with van der Waals surface area (Å²) in [4.78, 5) is 0. The molecule has 136 valence electrons. The van der Waals surface area contributed by atoms with Crippen molar-refractivity contribution in [2.45, 2.75) is 58.8 Å². The lowest BCUT2D eigenvalue weighted by molar-refractivity contribution is 0.261. The molecular formula is C23H32O2. The van der Waals surface area contributed by atoms with Crippen LogP contribution in [0.5, 0.6) is 11.5 Å². The van der Waals surface area contributed by atoms with Gasteiger partial charge < -0.3 is 10.2 Å². The number of rotatable bonds is 7. The van der Waals surface area contributed by atoms with Crippen LogP contribution in [0, 0.1) is 11.8 Å². The van der Waals surface area contributed by atoms with Crippen LogP contribution in [0.2, 0.25) is 0 Å². The number of hydrogen-bond acceptors (Lipinski definition) is 2.